The van der Waals surface area contributed by atoms with E-state index in [4.69, 9.17) is 27.9 Å². The molecule has 3 aromatic rings. The van der Waals surface area contributed by atoms with Crippen molar-refractivity contribution in [2.75, 3.05) is 24.2 Å². The van der Waals surface area contributed by atoms with Crippen LogP contribution in [0.5, 0.6) is 5.75 Å². The molecule has 0 aromatic heterocycles. The van der Waals surface area contributed by atoms with Gasteiger partial charge in [-0.1, -0.05) is 78.7 Å². The number of benzene rings is 3. The summed E-state index contributed by atoms with van der Waals surface area (Å²) in [6.07, 6.45) is 1.90. The summed E-state index contributed by atoms with van der Waals surface area (Å²) < 4.78 is 32.3. The lowest BCUT2D eigenvalue weighted by Gasteiger charge is -2.34. The Morgan fingerprint density at radius 1 is 1.00 bits per heavy atom. The molecule has 0 unspecified atom stereocenters. The number of carbonyl (C=O) groups excluding carboxylic acids is 2. The summed E-state index contributed by atoms with van der Waals surface area (Å²) in [6, 6.07) is 19.8. The molecule has 3 rings (SSSR count). The quantitative estimate of drug-likeness (QED) is 0.279. The van der Waals surface area contributed by atoms with E-state index in [0.717, 1.165) is 16.1 Å². The van der Waals surface area contributed by atoms with Gasteiger partial charge in [0.2, 0.25) is 21.8 Å². The van der Waals surface area contributed by atoms with Crippen molar-refractivity contribution in [3.8, 4) is 5.75 Å². The van der Waals surface area contributed by atoms with Crippen LogP contribution in [0.25, 0.3) is 0 Å². The van der Waals surface area contributed by atoms with E-state index in [9.17, 15) is 18.0 Å². The van der Waals surface area contributed by atoms with E-state index in [-0.39, 0.29) is 41.4 Å². The number of hydrogen-bond donors (Lipinski definition) is 1. The molecule has 0 spiro atoms. The van der Waals surface area contributed by atoms with Gasteiger partial charge in [0.25, 0.3) is 0 Å². The van der Waals surface area contributed by atoms with Gasteiger partial charge < -0.3 is 15.0 Å². The average molecular weight is 621 g/mol. The Labute approximate surface area is 252 Å². The van der Waals surface area contributed by atoms with E-state index in [1.165, 1.54) is 24.1 Å². The maximum atomic E-state index is 14.2. The topological polar surface area (TPSA) is 96.0 Å². The molecule has 3 aromatic carbocycles. The molecule has 0 saturated carbocycles. The molecule has 0 aliphatic carbocycles. The molecule has 11 heteroatoms. The normalized spacial score (nSPS) is 12.7. The van der Waals surface area contributed by atoms with Crippen molar-refractivity contribution in [2.24, 2.45) is 0 Å². The molecular weight excluding hydrogens is 585 g/mol. The number of rotatable bonds is 13. The minimum Gasteiger partial charge on any atom is -0.495 e. The number of halogens is 2. The zero-order valence-corrected chi connectivity index (χ0v) is 25.8. The molecule has 0 aliphatic heterocycles. The van der Waals surface area contributed by atoms with E-state index in [0.29, 0.717) is 17.0 Å². The second-order valence-electron chi connectivity index (χ2n) is 9.72. The molecule has 2 atom stereocenters. The Kier molecular flexibility index (Phi) is 11.5. The molecule has 220 valence electrons. The summed E-state index contributed by atoms with van der Waals surface area (Å²) in [5.74, 6) is -0.729. The molecular formula is C30H35Cl2N3O5S. The van der Waals surface area contributed by atoms with Crippen LogP contribution in [-0.2, 0) is 32.6 Å². The Bertz CT molecular complexity index is 1450. The van der Waals surface area contributed by atoms with Crippen molar-refractivity contribution >= 4 is 50.7 Å². The van der Waals surface area contributed by atoms with Crippen molar-refractivity contribution in [3.05, 3.63) is 94.0 Å². The van der Waals surface area contributed by atoms with Crippen LogP contribution in [0.3, 0.4) is 0 Å². The molecule has 0 saturated heterocycles. The molecule has 0 bridgehead atoms. The molecule has 2 amide bonds. The van der Waals surface area contributed by atoms with Crippen LogP contribution >= 0.6 is 23.2 Å². The van der Waals surface area contributed by atoms with Gasteiger partial charge in [-0.2, -0.15) is 0 Å². The molecule has 1 N–H and O–H groups in total. The third-order valence-corrected chi connectivity index (χ3v) is 8.39. The van der Waals surface area contributed by atoms with Gasteiger partial charge >= 0.3 is 0 Å². The average Bonchev–Trinajstić information content (AvgIpc) is 2.94. The number of carbonyl (C=O) groups is 2. The van der Waals surface area contributed by atoms with Crippen molar-refractivity contribution in [2.45, 2.75) is 45.3 Å². The monoisotopic (exact) mass is 619 g/mol. The highest BCUT2D eigenvalue weighted by Crippen LogP contribution is 2.33. The number of nitrogens with zero attached hydrogens (tertiary/aromatic N) is 2. The number of hydrogen-bond acceptors (Lipinski definition) is 5. The van der Waals surface area contributed by atoms with Gasteiger partial charge in [0.05, 0.1) is 19.1 Å². The standard InChI is InChI=1S/C30H35Cl2N3O5S/c1-5-21(2)33-30(37)27(17-22-11-7-6-8-12-22)34(19-23-13-9-10-14-25(23)32)29(36)20-35(41(4,38)39)26-18-24(31)15-16-28(26)40-3/h6-16,18,21,27H,5,17,19-20H2,1-4H3,(H,33,37)/t21-,27+/m0/s1. The zero-order valence-electron chi connectivity index (χ0n) is 23.5. The fourth-order valence-corrected chi connectivity index (χ4v) is 5.46. The smallest absolute Gasteiger partial charge is 0.244 e. The fraction of sp³-hybridized carbons (Fsp3) is 0.333. The van der Waals surface area contributed by atoms with Crippen LogP contribution in [0.1, 0.15) is 31.4 Å². The first kappa shape index (κ1) is 32.2. The first-order valence-corrected chi connectivity index (χ1v) is 15.7. The Morgan fingerprint density at radius 3 is 2.27 bits per heavy atom. The van der Waals surface area contributed by atoms with E-state index in [1.807, 2.05) is 44.2 Å². The summed E-state index contributed by atoms with van der Waals surface area (Å²) in [4.78, 5) is 29.3. The second kappa shape index (κ2) is 14.6. The minimum atomic E-state index is -3.98. The molecule has 0 fully saturated rings. The molecule has 0 heterocycles. The van der Waals surface area contributed by atoms with Gasteiger partial charge in [0, 0.05) is 29.1 Å². The van der Waals surface area contributed by atoms with E-state index >= 15 is 0 Å². The van der Waals surface area contributed by atoms with Gasteiger partial charge in [0.15, 0.2) is 0 Å². The lowest BCUT2D eigenvalue weighted by molar-refractivity contribution is -0.140. The van der Waals surface area contributed by atoms with E-state index in [1.54, 1.807) is 30.3 Å². The number of ether oxygens (including phenoxy) is 1. The van der Waals surface area contributed by atoms with E-state index < -0.39 is 28.5 Å². The highest BCUT2D eigenvalue weighted by molar-refractivity contribution is 7.92. The maximum Gasteiger partial charge on any atom is 0.244 e. The lowest BCUT2D eigenvalue weighted by Crippen LogP contribution is -2.54. The number of sulfonamides is 1. The maximum absolute atomic E-state index is 14.2. The van der Waals surface area contributed by atoms with Gasteiger partial charge in [-0.25, -0.2) is 8.42 Å². The molecule has 0 aliphatic rings. The Morgan fingerprint density at radius 2 is 1.66 bits per heavy atom. The second-order valence-corrected chi connectivity index (χ2v) is 12.5. The van der Waals surface area contributed by atoms with Crippen LogP contribution in [0.4, 0.5) is 5.69 Å². The summed E-state index contributed by atoms with van der Waals surface area (Å²) in [7, 11) is -2.59. The van der Waals surface area contributed by atoms with Crippen molar-refractivity contribution in [3.63, 3.8) is 0 Å². The predicted octanol–water partition coefficient (Wildman–Crippen LogP) is 5.32. The van der Waals surface area contributed by atoms with Gasteiger partial charge in [0.1, 0.15) is 18.3 Å². The van der Waals surface area contributed by atoms with Crippen LogP contribution in [0.15, 0.2) is 72.8 Å². The number of nitrogens with one attached hydrogen (secondary N) is 1. The molecule has 8 nitrogen and oxygen atoms in total. The van der Waals surface area contributed by atoms with Crippen molar-refractivity contribution < 1.29 is 22.7 Å². The van der Waals surface area contributed by atoms with Crippen LogP contribution in [0.2, 0.25) is 10.0 Å². The van der Waals surface area contributed by atoms with Gasteiger partial charge in [-0.3, -0.25) is 13.9 Å². The largest absolute Gasteiger partial charge is 0.495 e. The van der Waals surface area contributed by atoms with Crippen LogP contribution in [-0.4, -0.2) is 57.1 Å². The highest BCUT2D eigenvalue weighted by Gasteiger charge is 2.34. The van der Waals surface area contributed by atoms with Crippen molar-refractivity contribution in [1.29, 1.82) is 0 Å². The summed E-state index contributed by atoms with van der Waals surface area (Å²) in [5, 5.41) is 3.68. The van der Waals surface area contributed by atoms with Gasteiger partial charge in [-0.05, 0) is 48.7 Å². The van der Waals surface area contributed by atoms with Gasteiger partial charge in [-0.15, -0.1) is 0 Å². The summed E-state index contributed by atoms with van der Waals surface area (Å²) in [5.41, 5.74) is 1.56. The fourth-order valence-electron chi connectivity index (χ4n) is 4.26. The first-order chi connectivity index (χ1) is 19.4. The number of amides is 2. The lowest BCUT2D eigenvalue weighted by atomic mass is 10.0. The Hall–Kier alpha value is -3.27. The number of anilines is 1. The van der Waals surface area contributed by atoms with Crippen LogP contribution < -0.4 is 14.4 Å². The zero-order chi connectivity index (χ0) is 30.2. The SMILES string of the molecule is CC[C@H](C)NC(=O)[C@@H](Cc1ccccc1)N(Cc1ccccc1Cl)C(=O)CN(c1cc(Cl)ccc1OC)S(C)(=O)=O. The highest BCUT2D eigenvalue weighted by atomic mass is 35.5. The Balaban J connectivity index is 2.11. The summed E-state index contributed by atoms with van der Waals surface area (Å²) in [6.45, 7) is 3.22. The van der Waals surface area contributed by atoms with Crippen molar-refractivity contribution in [1.82, 2.24) is 10.2 Å². The minimum absolute atomic E-state index is 0.0196. The number of methoxy groups -OCH3 is 1. The first-order valence-electron chi connectivity index (χ1n) is 13.1. The predicted molar refractivity (Wildman–Crippen MR) is 164 cm³/mol. The summed E-state index contributed by atoms with van der Waals surface area (Å²) >= 11 is 12.7. The third kappa shape index (κ3) is 8.86. The molecule has 41 heavy (non-hydrogen) atoms. The third-order valence-electron chi connectivity index (χ3n) is 6.66. The molecule has 0 radical (unpaired) electrons. The van der Waals surface area contributed by atoms with Crippen LogP contribution in [0, 0.1) is 0 Å². The van der Waals surface area contributed by atoms with E-state index in [2.05, 4.69) is 5.32 Å².